The molecule has 1 aromatic carbocycles. The molecule has 0 radical (unpaired) electrons. The van der Waals surface area contributed by atoms with Crippen LogP contribution in [0.2, 0.25) is 5.02 Å². The van der Waals surface area contributed by atoms with Gasteiger partial charge in [0.2, 0.25) is 0 Å². The Bertz CT molecular complexity index is 425. The van der Waals surface area contributed by atoms with Crippen molar-refractivity contribution in [2.45, 2.75) is 32.8 Å². The van der Waals surface area contributed by atoms with Crippen LogP contribution in [0.5, 0.6) is 5.75 Å². The third-order valence-corrected chi connectivity index (χ3v) is 3.96. The van der Waals surface area contributed by atoms with Crippen LogP contribution in [-0.4, -0.2) is 43.7 Å². The fourth-order valence-electron chi connectivity index (χ4n) is 2.65. The van der Waals surface area contributed by atoms with E-state index >= 15 is 0 Å². The van der Waals surface area contributed by atoms with E-state index in [4.69, 9.17) is 16.3 Å². The molecule has 1 heterocycles. The van der Waals surface area contributed by atoms with Crippen molar-refractivity contribution in [1.82, 2.24) is 10.2 Å². The van der Waals surface area contributed by atoms with E-state index in [1.165, 1.54) is 18.5 Å². The Morgan fingerprint density at radius 1 is 1.35 bits per heavy atom. The third-order valence-electron chi connectivity index (χ3n) is 3.73. The molecule has 1 aliphatic heterocycles. The molecular weight excluding hydrogens is 272 g/mol. The molecule has 112 valence electrons. The van der Waals surface area contributed by atoms with Crippen molar-refractivity contribution >= 4 is 11.6 Å². The zero-order chi connectivity index (χ0) is 14.4. The molecule has 3 nitrogen and oxygen atoms in total. The van der Waals surface area contributed by atoms with Gasteiger partial charge in [0.15, 0.2) is 0 Å². The highest BCUT2D eigenvalue weighted by atomic mass is 35.5. The molecule has 2 rings (SSSR count). The molecule has 0 spiro atoms. The third kappa shape index (κ3) is 4.37. The van der Waals surface area contributed by atoms with Crippen LogP contribution in [0.1, 0.15) is 25.8 Å². The van der Waals surface area contributed by atoms with Crippen LogP contribution in [0.15, 0.2) is 18.2 Å². The predicted molar refractivity (Wildman–Crippen MR) is 84.8 cm³/mol. The SMILES string of the molecule is CCCN(CC)CCNCC1Cc2cc(Cl)ccc2O1. The number of rotatable bonds is 8. The fourth-order valence-corrected chi connectivity index (χ4v) is 2.84. The van der Waals surface area contributed by atoms with Gasteiger partial charge in [-0.25, -0.2) is 0 Å². The van der Waals surface area contributed by atoms with E-state index < -0.39 is 0 Å². The summed E-state index contributed by atoms with van der Waals surface area (Å²) >= 11 is 6.00. The van der Waals surface area contributed by atoms with Crippen LogP contribution in [0.25, 0.3) is 0 Å². The first-order chi connectivity index (χ1) is 9.72. The van der Waals surface area contributed by atoms with E-state index in [1.807, 2.05) is 18.2 Å². The first kappa shape index (κ1) is 15.6. The second-order valence-electron chi connectivity index (χ2n) is 5.33. The van der Waals surface area contributed by atoms with Crippen molar-refractivity contribution in [2.24, 2.45) is 0 Å². The maximum atomic E-state index is 6.00. The first-order valence-corrected chi connectivity index (χ1v) is 7.98. The highest BCUT2D eigenvalue weighted by Crippen LogP contribution is 2.30. The average Bonchev–Trinajstić information content (AvgIpc) is 2.84. The lowest BCUT2D eigenvalue weighted by atomic mass is 10.1. The van der Waals surface area contributed by atoms with Gasteiger partial charge in [0.1, 0.15) is 11.9 Å². The van der Waals surface area contributed by atoms with Gasteiger partial charge in [0.25, 0.3) is 0 Å². The van der Waals surface area contributed by atoms with Gasteiger partial charge in [0, 0.05) is 31.1 Å². The summed E-state index contributed by atoms with van der Waals surface area (Å²) in [4.78, 5) is 2.47. The summed E-state index contributed by atoms with van der Waals surface area (Å²) in [5.74, 6) is 0.988. The quantitative estimate of drug-likeness (QED) is 0.747. The molecule has 20 heavy (non-hydrogen) atoms. The lowest BCUT2D eigenvalue weighted by molar-refractivity contribution is 0.221. The first-order valence-electron chi connectivity index (χ1n) is 7.61. The van der Waals surface area contributed by atoms with Crippen LogP contribution >= 0.6 is 11.6 Å². The Labute approximate surface area is 127 Å². The summed E-state index contributed by atoms with van der Waals surface area (Å²) in [6, 6.07) is 5.87. The summed E-state index contributed by atoms with van der Waals surface area (Å²) in [5, 5.41) is 4.29. The number of halogens is 1. The summed E-state index contributed by atoms with van der Waals surface area (Å²) in [7, 11) is 0. The van der Waals surface area contributed by atoms with Crippen LogP contribution in [0, 0.1) is 0 Å². The van der Waals surface area contributed by atoms with Crippen LogP contribution < -0.4 is 10.1 Å². The zero-order valence-corrected chi connectivity index (χ0v) is 13.2. The molecule has 4 heteroatoms. The van der Waals surface area contributed by atoms with Crippen LogP contribution in [0.3, 0.4) is 0 Å². The van der Waals surface area contributed by atoms with Crippen LogP contribution in [-0.2, 0) is 6.42 Å². The predicted octanol–water partition coefficient (Wildman–Crippen LogP) is 2.97. The van der Waals surface area contributed by atoms with Gasteiger partial charge in [0.05, 0.1) is 0 Å². The van der Waals surface area contributed by atoms with Gasteiger partial charge in [-0.05, 0) is 43.3 Å². The van der Waals surface area contributed by atoms with Gasteiger partial charge in [-0.1, -0.05) is 25.4 Å². The van der Waals surface area contributed by atoms with Crippen molar-refractivity contribution in [3.05, 3.63) is 28.8 Å². The second-order valence-corrected chi connectivity index (χ2v) is 5.77. The maximum Gasteiger partial charge on any atom is 0.123 e. The monoisotopic (exact) mass is 296 g/mol. The highest BCUT2D eigenvalue weighted by molar-refractivity contribution is 6.30. The fraction of sp³-hybridized carbons (Fsp3) is 0.625. The molecule has 0 amide bonds. The van der Waals surface area contributed by atoms with Crippen molar-refractivity contribution in [3.63, 3.8) is 0 Å². The number of nitrogens with zero attached hydrogens (tertiary/aromatic N) is 1. The minimum Gasteiger partial charge on any atom is -0.488 e. The molecule has 1 N–H and O–H groups in total. The molecular formula is C16H25ClN2O. The van der Waals surface area contributed by atoms with E-state index in [0.717, 1.165) is 43.4 Å². The van der Waals surface area contributed by atoms with Gasteiger partial charge in [-0.2, -0.15) is 0 Å². The summed E-state index contributed by atoms with van der Waals surface area (Å²) in [6.45, 7) is 9.78. The van der Waals surface area contributed by atoms with Crippen molar-refractivity contribution in [2.75, 3.05) is 32.7 Å². The number of hydrogen-bond donors (Lipinski definition) is 1. The van der Waals surface area contributed by atoms with Crippen molar-refractivity contribution in [3.8, 4) is 5.75 Å². The standard InChI is InChI=1S/C16H25ClN2O/c1-3-8-19(4-2)9-7-18-12-15-11-13-10-14(17)5-6-16(13)20-15/h5-6,10,15,18H,3-4,7-9,11-12H2,1-2H3. The Kier molecular flexibility index (Phi) is 6.14. The van der Waals surface area contributed by atoms with Gasteiger partial charge in [-0.15, -0.1) is 0 Å². The molecule has 0 aromatic heterocycles. The van der Waals surface area contributed by atoms with E-state index in [2.05, 4.69) is 24.1 Å². The number of fused-ring (bicyclic) bond motifs is 1. The topological polar surface area (TPSA) is 24.5 Å². The largest absolute Gasteiger partial charge is 0.488 e. The van der Waals surface area contributed by atoms with Gasteiger partial charge in [-0.3, -0.25) is 0 Å². The van der Waals surface area contributed by atoms with E-state index in [-0.39, 0.29) is 6.10 Å². The second kappa shape index (κ2) is 7.87. The normalized spacial score (nSPS) is 17.3. The van der Waals surface area contributed by atoms with E-state index in [0.29, 0.717) is 0 Å². The summed E-state index contributed by atoms with van der Waals surface area (Å²) in [6.07, 6.45) is 2.41. The molecule has 0 bridgehead atoms. The molecule has 1 aromatic rings. The molecule has 0 saturated carbocycles. The molecule has 1 atom stereocenters. The van der Waals surface area contributed by atoms with E-state index in [9.17, 15) is 0 Å². The number of ether oxygens (including phenoxy) is 1. The van der Waals surface area contributed by atoms with Crippen molar-refractivity contribution in [1.29, 1.82) is 0 Å². The summed E-state index contributed by atoms with van der Waals surface area (Å²) in [5.41, 5.74) is 1.23. The van der Waals surface area contributed by atoms with Crippen molar-refractivity contribution < 1.29 is 4.74 Å². The maximum absolute atomic E-state index is 6.00. The zero-order valence-electron chi connectivity index (χ0n) is 12.5. The average molecular weight is 297 g/mol. The number of likely N-dealkylation sites (N-methyl/N-ethyl adjacent to an activating group) is 1. The minimum atomic E-state index is 0.240. The lowest BCUT2D eigenvalue weighted by Crippen LogP contribution is -2.37. The number of nitrogens with one attached hydrogen (secondary N) is 1. The number of hydrogen-bond acceptors (Lipinski definition) is 3. The molecule has 1 aliphatic rings. The van der Waals surface area contributed by atoms with Gasteiger partial charge < -0.3 is 15.0 Å². The highest BCUT2D eigenvalue weighted by Gasteiger charge is 2.22. The Morgan fingerprint density at radius 2 is 2.20 bits per heavy atom. The Balaban J connectivity index is 1.67. The van der Waals surface area contributed by atoms with Gasteiger partial charge >= 0.3 is 0 Å². The summed E-state index contributed by atoms with van der Waals surface area (Å²) < 4.78 is 5.91. The number of benzene rings is 1. The smallest absolute Gasteiger partial charge is 0.123 e. The molecule has 0 aliphatic carbocycles. The lowest BCUT2D eigenvalue weighted by Gasteiger charge is -2.20. The molecule has 0 fully saturated rings. The van der Waals surface area contributed by atoms with Crippen LogP contribution in [0.4, 0.5) is 0 Å². The minimum absolute atomic E-state index is 0.240. The van der Waals surface area contributed by atoms with E-state index in [1.54, 1.807) is 0 Å². The molecule has 1 unspecified atom stereocenters. The Hall–Kier alpha value is -0.770. The Morgan fingerprint density at radius 3 is 2.95 bits per heavy atom. The molecule has 0 saturated heterocycles.